The van der Waals surface area contributed by atoms with Crippen molar-refractivity contribution in [1.82, 2.24) is 24.7 Å². The summed E-state index contributed by atoms with van der Waals surface area (Å²) in [5.74, 6) is 2.60. The Hall–Kier alpha value is -2.44. The first kappa shape index (κ1) is 15.5. The maximum Gasteiger partial charge on any atom is 0.228 e. The molecule has 0 saturated carbocycles. The standard InChI is InChI=1S/C16H22N6O/c1-9(2)15-19-14(23-21-15)6-7-17-13-8-10(3)18-16-11(4)12(5)20-22(13)16/h8-9,17H,6-7H2,1-5H3. The number of nitrogens with zero attached hydrogens (tertiary/aromatic N) is 5. The first-order valence-corrected chi connectivity index (χ1v) is 7.85. The minimum Gasteiger partial charge on any atom is -0.369 e. The van der Waals surface area contributed by atoms with Crippen LogP contribution in [-0.4, -0.2) is 31.3 Å². The summed E-state index contributed by atoms with van der Waals surface area (Å²) in [6, 6.07) is 1.99. The fourth-order valence-corrected chi connectivity index (χ4v) is 2.38. The Balaban J connectivity index is 1.75. The van der Waals surface area contributed by atoms with Gasteiger partial charge in [-0.3, -0.25) is 0 Å². The maximum absolute atomic E-state index is 5.26. The third kappa shape index (κ3) is 3.04. The lowest BCUT2D eigenvalue weighted by molar-refractivity contribution is 0.373. The van der Waals surface area contributed by atoms with Crippen molar-refractivity contribution in [2.75, 3.05) is 11.9 Å². The summed E-state index contributed by atoms with van der Waals surface area (Å²) in [6.45, 7) is 10.8. The largest absolute Gasteiger partial charge is 0.369 e. The van der Waals surface area contributed by atoms with Gasteiger partial charge in [-0.15, -0.1) is 0 Å². The number of nitrogens with one attached hydrogen (secondary N) is 1. The first-order chi connectivity index (χ1) is 11.0. The molecule has 3 aromatic heterocycles. The van der Waals surface area contributed by atoms with E-state index in [4.69, 9.17) is 4.52 Å². The van der Waals surface area contributed by atoms with E-state index in [1.54, 1.807) is 0 Å². The van der Waals surface area contributed by atoms with Gasteiger partial charge in [0.2, 0.25) is 5.89 Å². The molecule has 0 atom stereocenters. The van der Waals surface area contributed by atoms with Crippen LogP contribution >= 0.6 is 0 Å². The predicted molar refractivity (Wildman–Crippen MR) is 87.8 cm³/mol. The van der Waals surface area contributed by atoms with Crippen molar-refractivity contribution in [2.24, 2.45) is 0 Å². The second-order valence-corrected chi connectivity index (χ2v) is 6.11. The van der Waals surface area contributed by atoms with Crippen LogP contribution in [0, 0.1) is 20.8 Å². The predicted octanol–water partition coefficient (Wildman–Crippen LogP) is 2.82. The number of hydrogen-bond donors (Lipinski definition) is 1. The highest BCUT2D eigenvalue weighted by Crippen LogP contribution is 2.18. The van der Waals surface area contributed by atoms with E-state index in [1.165, 1.54) is 0 Å². The molecule has 0 fully saturated rings. The third-order valence-corrected chi connectivity index (χ3v) is 3.83. The lowest BCUT2D eigenvalue weighted by Gasteiger charge is -2.08. The molecule has 0 radical (unpaired) electrons. The lowest BCUT2D eigenvalue weighted by Crippen LogP contribution is -2.10. The van der Waals surface area contributed by atoms with Gasteiger partial charge in [0.15, 0.2) is 11.5 Å². The highest BCUT2D eigenvalue weighted by molar-refractivity contribution is 5.55. The van der Waals surface area contributed by atoms with Gasteiger partial charge in [-0.2, -0.15) is 14.6 Å². The zero-order valence-electron chi connectivity index (χ0n) is 14.2. The molecule has 0 aliphatic heterocycles. The Bertz CT molecular complexity index is 833. The van der Waals surface area contributed by atoms with Crippen LogP contribution in [-0.2, 0) is 6.42 Å². The van der Waals surface area contributed by atoms with E-state index in [2.05, 4.69) is 25.5 Å². The zero-order chi connectivity index (χ0) is 16.6. The summed E-state index contributed by atoms with van der Waals surface area (Å²) < 4.78 is 7.11. The molecule has 0 aliphatic rings. The fourth-order valence-electron chi connectivity index (χ4n) is 2.38. The molecule has 0 saturated heterocycles. The molecular weight excluding hydrogens is 292 g/mol. The first-order valence-electron chi connectivity index (χ1n) is 7.85. The molecule has 0 aliphatic carbocycles. The van der Waals surface area contributed by atoms with Crippen molar-refractivity contribution in [3.8, 4) is 0 Å². The summed E-state index contributed by atoms with van der Waals surface area (Å²) in [4.78, 5) is 8.95. The number of fused-ring (bicyclic) bond motifs is 1. The van der Waals surface area contributed by atoms with E-state index in [9.17, 15) is 0 Å². The SMILES string of the molecule is Cc1cc(NCCc2nc(C(C)C)no2)n2nc(C)c(C)c2n1. The Labute approximate surface area is 135 Å². The normalized spacial score (nSPS) is 11.6. The van der Waals surface area contributed by atoms with Gasteiger partial charge in [0.05, 0.1) is 5.69 Å². The Morgan fingerprint density at radius 2 is 2.00 bits per heavy atom. The molecular formula is C16H22N6O. The number of hydrogen-bond acceptors (Lipinski definition) is 6. The van der Waals surface area contributed by atoms with E-state index in [0.29, 0.717) is 18.9 Å². The molecule has 0 spiro atoms. The molecule has 7 nitrogen and oxygen atoms in total. The number of aromatic nitrogens is 5. The van der Waals surface area contributed by atoms with Gasteiger partial charge in [0, 0.05) is 36.2 Å². The van der Waals surface area contributed by atoms with E-state index in [-0.39, 0.29) is 5.92 Å². The summed E-state index contributed by atoms with van der Waals surface area (Å²) >= 11 is 0. The summed E-state index contributed by atoms with van der Waals surface area (Å²) in [5.41, 5.74) is 3.95. The molecule has 1 N–H and O–H groups in total. The van der Waals surface area contributed by atoms with Gasteiger partial charge < -0.3 is 9.84 Å². The van der Waals surface area contributed by atoms with Crippen molar-refractivity contribution in [3.63, 3.8) is 0 Å². The van der Waals surface area contributed by atoms with Crippen LogP contribution in [0.2, 0.25) is 0 Å². The van der Waals surface area contributed by atoms with E-state index >= 15 is 0 Å². The van der Waals surface area contributed by atoms with Gasteiger partial charge in [-0.1, -0.05) is 19.0 Å². The molecule has 122 valence electrons. The highest BCUT2D eigenvalue weighted by Gasteiger charge is 2.12. The van der Waals surface area contributed by atoms with Crippen molar-refractivity contribution in [3.05, 3.63) is 34.7 Å². The summed E-state index contributed by atoms with van der Waals surface area (Å²) in [5, 5.41) is 11.9. The smallest absolute Gasteiger partial charge is 0.228 e. The minimum absolute atomic E-state index is 0.276. The quantitative estimate of drug-likeness (QED) is 0.780. The Morgan fingerprint density at radius 3 is 2.70 bits per heavy atom. The second-order valence-electron chi connectivity index (χ2n) is 6.11. The highest BCUT2D eigenvalue weighted by atomic mass is 16.5. The van der Waals surface area contributed by atoms with Crippen molar-refractivity contribution in [1.29, 1.82) is 0 Å². The molecule has 0 bridgehead atoms. The second kappa shape index (κ2) is 5.98. The molecule has 0 amide bonds. The van der Waals surface area contributed by atoms with Crippen molar-refractivity contribution >= 4 is 11.5 Å². The van der Waals surface area contributed by atoms with Crippen LogP contribution in [0.5, 0.6) is 0 Å². The monoisotopic (exact) mass is 314 g/mol. The average molecular weight is 314 g/mol. The van der Waals surface area contributed by atoms with Crippen LogP contribution in [0.15, 0.2) is 10.6 Å². The molecule has 3 rings (SSSR count). The molecule has 0 unspecified atom stereocenters. The van der Waals surface area contributed by atoms with E-state index in [0.717, 1.165) is 34.2 Å². The molecule has 0 aromatic carbocycles. The number of aryl methyl sites for hydroxylation is 3. The van der Waals surface area contributed by atoms with Gasteiger partial charge >= 0.3 is 0 Å². The molecule has 7 heteroatoms. The van der Waals surface area contributed by atoms with Gasteiger partial charge in [-0.25, -0.2) is 4.98 Å². The van der Waals surface area contributed by atoms with E-state index in [1.807, 2.05) is 45.2 Å². The van der Waals surface area contributed by atoms with Crippen LogP contribution < -0.4 is 5.32 Å². The van der Waals surface area contributed by atoms with Crippen LogP contribution in [0.1, 0.15) is 48.4 Å². The Morgan fingerprint density at radius 1 is 1.22 bits per heavy atom. The number of rotatable bonds is 5. The average Bonchev–Trinajstić information content (AvgIpc) is 3.07. The summed E-state index contributed by atoms with van der Waals surface area (Å²) in [7, 11) is 0. The van der Waals surface area contributed by atoms with Crippen LogP contribution in [0.25, 0.3) is 5.65 Å². The van der Waals surface area contributed by atoms with Gasteiger partial charge in [0.25, 0.3) is 0 Å². The number of anilines is 1. The van der Waals surface area contributed by atoms with Gasteiger partial charge in [0.1, 0.15) is 5.82 Å². The molecule has 3 heterocycles. The topological polar surface area (TPSA) is 81.1 Å². The zero-order valence-corrected chi connectivity index (χ0v) is 14.2. The van der Waals surface area contributed by atoms with Crippen molar-refractivity contribution < 1.29 is 4.52 Å². The van der Waals surface area contributed by atoms with Crippen molar-refractivity contribution in [2.45, 2.75) is 47.0 Å². The molecule has 3 aromatic rings. The molecule has 23 heavy (non-hydrogen) atoms. The van der Waals surface area contributed by atoms with E-state index < -0.39 is 0 Å². The fraction of sp³-hybridized carbons (Fsp3) is 0.500. The van der Waals surface area contributed by atoms with Gasteiger partial charge in [-0.05, 0) is 20.8 Å². The van der Waals surface area contributed by atoms with Crippen LogP contribution in [0.4, 0.5) is 5.82 Å². The third-order valence-electron chi connectivity index (χ3n) is 3.83. The summed E-state index contributed by atoms with van der Waals surface area (Å²) in [6.07, 6.45) is 0.668. The minimum atomic E-state index is 0.276. The Kier molecular flexibility index (Phi) is 4.02. The lowest BCUT2D eigenvalue weighted by atomic mass is 10.2. The maximum atomic E-state index is 5.26. The van der Waals surface area contributed by atoms with Crippen LogP contribution in [0.3, 0.4) is 0 Å².